The van der Waals surface area contributed by atoms with Gasteiger partial charge in [-0.3, -0.25) is 24.8 Å². The van der Waals surface area contributed by atoms with E-state index in [-0.39, 0.29) is 11.4 Å². The first-order valence-electron chi connectivity index (χ1n) is 15.2. The van der Waals surface area contributed by atoms with Gasteiger partial charge in [0.1, 0.15) is 24.3 Å². The van der Waals surface area contributed by atoms with Gasteiger partial charge in [-0.05, 0) is 49.7 Å². The van der Waals surface area contributed by atoms with Crippen molar-refractivity contribution in [3.63, 3.8) is 0 Å². The second kappa shape index (κ2) is 14.2. The van der Waals surface area contributed by atoms with Crippen LogP contribution in [0.5, 0.6) is 0 Å². The third-order valence-corrected chi connectivity index (χ3v) is 8.67. The Morgan fingerprint density at radius 1 is 0.739 bits per heavy atom. The van der Waals surface area contributed by atoms with Crippen LogP contribution in [-0.2, 0) is 10.1 Å². The van der Waals surface area contributed by atoms with E-state index in [0.717, 1.165) is 74.3 Å². The quantitative estimate of drug-likeness (QED) is 0.148. The fourth-order valence-corrected chi connectivity index (χ4v) is 6.36. The second-order valence-corrected chi connectivity index (χ2v) is 13.3. The number of nitro benzene ring substituents is 2. The van der Waals surface area contributed by atoms with Crippen molar-refractivity contribution < 1.29 is 22.8 Å². The molecule has 0 spiro atoms. The molecule has 0 aliphatic carbocycles. The topological polar surface area (TPSA) is 199 Å². The number of benzene rings is 2. The molecule has 2 aromatic carbocycles. The first-order valence-corrected chi connectivity index (χ1v) is 17.0. The lowest BCUT2D eigenvalue weighted by Crippen LogP contribution is -2.35. The highest BCUT2D eigenvalue weighted by Crippen LogP contribution is 2.33. The number of piperidine rings is 2. The summed E-state index contributed by atoms with van der Waals surface area (Å²) in [4.78, 5) is 43.6. The number of hydrogen-bond donors (Lipinski definition) is 1. The van der Waals surface area contributed by atoms with Crippen LogP contribution in [0, 0.1) is 32.1 Å². The van der Waals surface area contributed by atoms with Crippen molar-refractivity contribution in [3.8, 4) is 0 Å². The van der Waals surface area contributed by atoms with Crippen molar-refractivity contribution in [2.45, 2.75) is 44.9 Å². The monoisotopic (exact) mass is 652 g/mol. The standard InChI is InChI=1S/C29H32N8O4.CH4O3S/c38-36(39)22-4-6-24-26(16-22)30-18-32-28(24)34-12-8-20(9-13-34)2-1-3-21-10-14-35(15-11-21)29-25-7-5-23(37(40)41)17-27(25)31-19-33-29;1-5(2,3)4/h4-7,16-21H,1-3,8-15H2;1H3,(H,2,3,4). The molecule has 0 amide bonds. The number of non-ortho nitro benzene ring substituents is 2. The Morgan fingerprint density at radius 2 is 1.11 bits per heavy atom. The van der Waals surface area contributed by atoms with Crippen LogP contribution in [0.1, 0.15) is 44.9 Å². The molecule has 0 unspecified atom stereocenters. The average molecular weight is 653 g/mol. The molecule has 4 aromatic rings. The maximum absolute atomic E-state index is 11.1. The first-order chi connectivity index (χ1) is 22.0. The minimum absolute atomic E-state index is 0.0438. The van der Waals surface area contributed by atoms with Gasteiger partial charge in [-0.2, -0.15) is 8.42 Å². The van der Waals surface area contributed by atoms with E-state index < -0.39 is 20.0 Å². The normalized spacial score (nSPS) is 16.3. The predicted molar refractivity (Wildman–Crippen MR) is 174 cm³/mol. The maximum Gasteiger partial charge on any atom is 0.271 e. The lowest BCUT2D eigenvalue weighted by atomic mass is 9.86. The summed E-state index contributed by atoms with van der Waals surface area (Å²) >= 11 is 0. The number of rotatable bonds is 8. The van der Waals surface area contributed by atoms with E-state index in [9.17, 15) is 28.6 Å². The first kappa shape index (κ1) is 32.8. The van der Waals surface area contributed by atoms with E-state index in [1.165, 1.54) is 56.2 Å². The molecule has 4 heterocycles. The molecule has 2 fully saturated rings. The zero-order valence-electron chi connectivity index (χ0n) is 25.4. The Bertz CT molecular complexity index is 1700. The Hall–Kier alpha value is -4.57. The molecule has 0 atom stereocenters. The number of nitro groups is 2. The summed E-state index contributed by atoms with van der Waals surface area (Å²) < 4.78 is 25.9. The van der Waals surface area contributed by atoms with Crippen LogP contribution in [0.3, 0.4) is 0 Å². The van der Waals surface area contributed by atoms with E-state index in [2.05, 4.69) is 29.7 Å². The molecule has 244 valence electrons. The summed E-state index contributed by atoms with van der Waals surface area (Å²) in [6.07, 6.45) is 11.9. The molecular formula is C30H36N8O7S. The third-order valence-electron chi connectivity index (χ3n) is 8.67. The van der Waals surface area contributed by atoms with Gasteiger partial charge in [-0.1, -0.05) is 19.3 Å². The molecule has 0 bridgehead atoms. The fraction of sp³-hybridized carbons (Fsp3) is 0.467. The van der Waals surface area contributed by atoms with Crippen LogP contribution >= 0.6 is 0 Å². The predicted octanol–water partition coefficient (Wildman–Crippen LogP) is 5.20. The summed E-state index contributed by atoms with van der Waals surface area (Å²) in [5.74, 6) is 3.14. The summed E-state index contributed by atoms with van der Waals surface area (Å²) in [5.41, 5.74) is 1.30. The van der Waals surface area contributed by atoms with Crippen LogP contribution in [0.25, 0.3) is 21.8 Å². The minimum Gasteiger partial charge on any atom is -0.356 e. The third kappa shape index (κ3) is 8.37. The summed E-state index contributed by atoms with van der Waals surface area (Å²) in [7, 11) is -3.67. The highest BCUT2D eigenvalue weighted by molar-refractivity contribution is 7.85. The van der Waals surface area contributed by atoms with Gasteiger partial charge < -0.3 is 9.80 Å². The summed E-state index contributed by atoms with van der Waals surface area (Å²) in [6.45, 7) is 3.73. The Balaban J connectivity index is 0.000000775. The molecule has 2 aliphatic heterocycles. The van der Waals surface area contributed by atoms with Gasteiger partial charge in [-0.15, -0.1) is 0 Å². The fourth-order valence-electron chi connectivity index (χ4n) is 6.36. The van der Waals surface area contributed by atoms with Crippen LogP contribution in [0.15, 0.2) is 49.1 Å². The second-order valence-electron chi connectivity index (χ2n) is 11.8. The molecule has 15 nitrogen and oxygen atoms in total. The summed E-state index contributed by atoms with van der Waals surface area (Å²) in [5, 5.41) is 24.0. The van der Waals surface area contributed by atoms with Crippen molar-refractivity contribution in [1.29, 1.82) is 0 Å². The molecule has 2 aliphatic rings. The van der Waals surface area contributed by atoms with Gasteiger partial charge in [-0.25, -0.2) is 19.9 Å². The van der Waals surface area contributed by atoms with E-state index in [1.807, 2.05) is 0 Å². The number of hydrogen-bond acceptors (Lipinski definition) is 12. The van der Waals surface area contributed by atoms with Gasteiger partial charge >= 0.3 is 0 Å². The number of anilines is 2. The lowest BCUT2D eigenvalue weighted by molar-refractivity contribution is -0.384. The van der Waals surface area contributed by atoms with E-state index in [4.69, 9.17) is 4.55 Å². The molecular weight excluding hydrogens is 616 g/mol. The lowest BCUT2D eigenvalue weighted by Gasteiger charge is -2.35. The molecule has 6 rings (SSSR count). The highest BCUT2D eigenvalue weighted by Gasteiger charge is 2.25. The minimum atomic E-state index is -3.67. The summed E-state index contributed by atoms with van der Waals surface area (Å²) in [6, 6.07) is 9.61. The Kier molecular flexibility index (Phi) is 10.2. The maximum atomic E-state index is 11.1. The van der Waals surface area contributed by atoms with Crippen molar-refractivity contribution in [3.05, 3.63) is 69.3 Å². The van der Waals surface area contributed by atoms with E-state index >= 15 is 0 Å². The van der Waals surface area contributed by atoms with Gasteiger partial charge in [0.2, 0.25) is 0 Å². The van der Waals surface area contributed by atoms with Crippen molar-refractivity contribution in [2.24, 2.45) is 11.8 Å². The van der Waals surface area contributed by atoms with Gasteiger partial charge in [0.15, 0.2) is 0 Å². The zero-order chi connectivity index (χ0) is 32.8. The Labute approximate surface area is 265 Å². The zero-order valence-corrected chi connectivity index (χ0v) is 26.3. The van der Waals surface area contributed by atoms with Crippen LogP contribution in [0.2, 0.25) is 0 Å². The molecule has 46 heavy (non-hydrogen) atoms. The number of fused-ring (bicyclic) bond motifs is 2. The smallest absolute Gasteiger partial charge is 0.271 e. The van der Waals surface area contributed by atoms with E-state index in [0.29, 0.717) is 29.1 Å². The van der Waals surface area contributed by atoms with E-state index in [1.54, 1.807) is 12.1 Å². The van der Waals surface area contributed by atoms with Crippen LogP contribution < -0.4 is 9.80 Å². The SMILES string of the molecule is CS(=O)(=O)O.O=[N+]([O-])c1ccc2c(N3CCC(CCCC4CCN(c5ncnc6cc([N+](=O)[O-])ccc56)CC4)CC3)ncnc2c1. The molecule has 0 saturated carbocycles. The number of nitrogens with zero attached hydrogens (tertiary/aromatic N) is 8. The molecule has 1 N–H and O–H groups in total. The van der Waals surface area contributed by atoms with Crippen molar-refractivity contribution >= 4 is 54.9 Å². The Morgan fingerprint density at radius 3 is 1.46 bits per heavy atom. The molecule has 2 saturated heterocycles. The molecule has 16 heteroatoms. The van der Waals surface area contributed by atoms with Gasteiger partial charge in [0.25, 0.3) is 21.5 Å². The molecule has 0 radical (unpaired) electrons. The molecule has 2 aromatic heterocycles. The van der Waals surface area contributed by atoms with Crippen LogP contribution in [0.4, 0.5) is 23.0 Å². The van der Waals surface area contributed by atoms with Gasteiger partial charge in [0, 0.05) is 61.2 Å². The van der Waals surface area contributed by atoms with Crippen molar-refractivity contribution in [1.82, 2.24) is 19.9 Å². The van der Waals surface area contributed by atoms with Crippen molar-refractivity contribution in [2.75, 3.05) is 42.2 Å². The number of aromatic nitrogens is 4. The van der Waals surface area contributed by atoms with Crippen LogP contribution in [-0.4, -0.2) is 75.2 Å². The van der Waals surface area contributed by atoms with Gasteiger partial charge in [0.05, 0.1) is 27.1 Å². The average Bonchev–Trinajstić information content (AvgIpc) is 3.03. The highest BCUT2D eigenvalue weighted by atomic mass is 32.2. The largest absolute Gasteiger partial charge is 0.356 e.